The zero-order valence-corrected chi connectivity index (χ0v) is 49.5. The number of unbranched alkanes of at least 4 members (excludes halogenated alkanes) is 25. The molecule has 0 aliphatic carbocycles. The van der Waals surface area contributed by atoms with Gasteiger partial charge in [0.05, 0.1) is 0 Å². The van der Waals surface area contributed by atoms with Crippen molar-refractivity contribution < 1.29 is 28.6 Å². The quantitative estimate of drug-likeness (QED) is 0.0261. The van der Waals surface area contributed by atoms with Crippen LogP contribution in [0.5, 0.6) is 0 Å². The fourth-order valence-electron chi connectivity index (χ4n) is 8.56. The van der Waals surface area contributed by atoms with Crippen LogP contribution in [0.25, 0.3) is 0 Å². The second-order valence-electron chi connectivity index (χ2n) is 20.6. The number of allylic oxidation sites excluding steroid dienone is 20. The molecule has 76 heavy (non-hydrogen) atoms. The molecule has 0 spiro atoms. The Hall–Kier alpha value is -4.19. The first-order valence-corrected chi connectivity index (χ1v) is 31.5. The highest BCUT2D eigenvalue weighted by molar-refractivity contribution is 5.71. The maximum absolute atomic E-state index is 12.9. The molecule has 0 fully saturated rings. The number of hydrogen-bond donors (Lipinski definition) is 0. The van der Waals surface area contributed by atoms with Gasteiger partial charge in [0.1, 0.15) is 13.2 Å². The van der Waals surface area contributed by atoms with E-state index in [1.807, 2.05) is 0 Å². The molecule has 0 bridgehead atoms. The summed E-state index contributed by atoms with van der Waals surface area (Å²) in [6.07, 6.45) is 87.9. The molecule has 0 saturated carbocycles. The maximum atomic E-state index is 12.9. The van der Waals surface area contributed by atoms with E-state index in [0.29, 0.717) is 19.3 Å². The molecule has 6 nitrogen and oxygen atoms in total. The Bertz CT molecular complexity index is 1590. The minimum absolute atomic E-state index is 0.0837. The topological polar surface area (TPSA) is 78.9 Å². The first-order valence-electron chi connectivity index (χ1n) is 31.5. The molecule has 0 saturated heterocycles. The zero-order chi connectivity index (χ0) is 55.0. The van der Waals surface area contributed by atoms with Gasteiger partial charge in [-0.15, -0.1) is 0 Å². The van der Waals surface area contributed by atoms with E-state index in [1.54, 1.807) is 0 Å². The summed E-state index contributed by atoms with van der Waals surface area (Å²) >= 11 is 0. The van der Waals surface area contributed by atoms with E-state index < -0.39 is 6.10 Å². The van der Waals surface area contributed by atoms with Crippen LogP contribution in [0.15, 0.2) is 122 Å². The van der Waals surface area contributed by atoms with E-state index >= 15 is 0 Å². The van der Waals surface area contributed by atoms with Crippen molar-refractivity contribution in [3.63, 3.8) is 0 Å². The van der Waals surface area contributed by atoms with E-state index in [1.165, 1.54) is 116 Å². The molecular formula is C70H116O6. The van der Waals surface area contributed by atoms with Gasteiger partial charge in [-0.25, -0.2) is 0 Å². The molecule has 6 heteroatoms. The highest BCUT2D eigenvalue weighted by Crippen LogP contribution is 2.16. The van der Waals surface area contributed by atoms with Gasteiger partial charge in [0.2, 0.25) is 0 Å². The highest BCUT2D eigenvalue weighted by atomic mass is 16.6. The van der Waals surface area contributed by atoms with Gasteiger partial charge in [0, 0.05) is 19.3 Å². The summed E-state index contributed by atoms with van der Waals surface area (Å²) in [4.78, 5) is 38.1. The summed E-state index contributed by atoms with van der Waals surface area (Å²) in [6.45, 7) is 6.38. The lowest BCUT2D eigenvalue weighted by Gasteiger charge is -2.18. The number of carbonyl (C=O) groups is 3. The lowest BCUT2D eigenvalue weighted by atomic mass is 10.0. The summed E-state index contributed by atoms with van der Waals surface area (Å²) in [5, 5.41) is 0. The molecule has 0 aromatic rings. The van der Waals surface area contributed by atoms with Crippen LogP contribution in [0, 0.1) is 0 Å². The summed E-state index contributed by atoms with van der Waals surface area (Å²) in [5.41, 5.74) is 0. The normalized spacial score (nSPS) is 12.9. The number of rotatable bonds is 56. The molecular weight excluding hydrogens is 937 g/mol. The zero-order valence-electron chi connectivity index (χ0n) is 49.5. The maximum Gasteiger partial charge on any atom is 0.306 e. The molecule has 432 valence electrons. The van der Waals surface area contributed by atoms with Gasteiger partial charge in [0.15, 0.2) is 6.10 Å². The second kappa shape index (κ2) is 63.3. The Morgan fingerprint density at radius 3 is 0.803 bits per heavy atom. The first-order chi connectivity index (χ1) is 37.5. The Morgan fingerprint density at radius 1 is 0.276 bits per heavy atom. The third-order valence-electron chi connectivity index (χ3n) is 13.2. The summed E-state index contributed by atoms with van der Waals surface area (Å²) in [5.74, 6) is -0.899. The lowest BCUT2D eigenvalue weighted by Crippen LogP contribution is -2.30. The molecule has 0 radical (unpaired) electrons. The van der Waals surface area contributed by atoms with Crippen molar-refractivity contribution in [1.82, 2.24) is 0 Å². The summed E-state index contributed by atoms with van der Waals surface area (Å²) < 4.78 is 16.9. The van der Waals surface area contributed by atoms with Crippen molar-refractivity contribution in [2.75, 3.05) is 13.2 Å². The van der Waals surface area contributed by atoms with E-state index in [-0.39, 0.29) is 31.1 Å². The molecule has 1 unspecified atom stereocenters. The average molecular weight is 1050 g/mol. The summed E-state index contributed by atoms with van der Waals surface area (Å²) in [6, 6.07) is 0. The minimum Gasteiger partial charge on any atom is -0.462 e. The fourth-order valence-corrected chi connectivity index (χ4v) is 8.56. The fraction of sp³-hybridized carbons (Fsp3) is 0.671. The number of carbonyl (C=O) groups excluding carboxylic acids is 3. The monoisotopic (exact) mass is 1050 g/mol. The minimum atomic E-state index is -0.786. The van der Waals surface area contributed by atoms with Crippen molar-refractivity contribution >= 4 is 17.9 Å². The van der Waals surface area contributed by atoms with E-state index in [2.05, 4.69) is 142 Å². The highest BCUT2D eigenvalue weighted by Gasteiger charge is 2.19. The Balaban J connectivity index is 4.22. The third kappa shape index (κ3) is 60.7. The SMILES string of the molecule is CC/C=C\C/C=C\C/C=C\C/C=C\C/C=C\CCCCCCCCCCCCCC(=O)OCC(COC(=O)CCCCCCCCCC)OC(=O)CCCCCCCCC/C=C\C/C=C\C/C=C\C/C=C\C/C=C\CC. The smallest absolute Gasteiger partial charge is 0.306 e. The molecule has 0 aliphatic rings. The summed E-state index contributed by atoms with van der Waals surface area (Å²) in [7, 11) is 0. The lowest BCUT2D eigenvalue weighted by molar-refractivity contribution is -0.167. The van der Waals surface area contributed by atoms with Gasteiger partial charge in [-0.05, 0) is 109 Å². The molecule has 0 amide bonds. The molecule has 0 aromatic heterocycles. The molecule has 0 heterocycles. The largest absolute Gasteiger partial charge is 0.462 e. The third-order valence-corrected chi connectivity index (χ3v) is 13.2. The van der Waals surface area contributed by atoms with Crippen molar-refractivity contribution in [3.05, 3.63) is 122 Å². The Labute approximate surface area is 469 Å². The van der Waals surface area contributed by atoms with Gasteiger partial charge in [-0.2, -0.15) is 0 Å². The second-order valence-corrected chi connectivity index (χ2v) is 20.6. The van der Waals surface area contributed by atoms with Gasteiger partial charge in [-0.1, -0.05) is 277 Å². The van der Waals surface area contributed by atoms with E-state index in [9.17, 15) is 14.4 Å². The van der Waals surface area contributed by atoms with Crippen molar-refractivity contribution in [1.29, 1.82) is 0 Å². The van der Waals surface area contributed by atoms with E-state index in [4.69, 9.17) is 14.2 Å². The molecule has 0 aromatic carbocycles. The number of esters is 3. The molecule has 0 aliphatic heterocycles. The number of hydrogen-bond acceptors (Lipinski definition) is 6. The van der Waals surface area contributed by atoms with Gasteiger partial charge >= 0.3 is 17.9 Å². The van der Waals surface area contributed by atoms with Gasteiger partial charge in [0.25, 0.3) is 0 Å². The van der Waals surface area contributed by atoms with Crippen molar-refractivity contribution in [2.24, 2.45) is 0 Å². The van der Waals surface area contributed by atoms with Crippen molar-refractivity contribution in [2.45, 2.75) is 290 Å². The molecule has 0 rings (SSSR count). The van der Waals surface area contributed by atoms with Crippen LogP contribution in [0.3, 0.4) is 0 Å². The Kier molecular flexibility index (Phi) is 59.9. The molecule has 0 N–H and O–H groups in total. The average Bonchev–Trinajstić information content (AvgIpc) is 3.42. The van der Waals surface area contributed by atoms with Crippen LogP contribution in [0.4, 0.5) is 0 Å². The van der Waals surface area contributed by atoms with Crippen LogP contribution in [0.2, 0.25) is 0 Å². The Morgan fingerprint density at radius 2 is 0.513 bits per heavy atom. The van der Waals surface area contributed by atoms with Crippen LogP contribution in [-0.2, 0) is 28.6 Å². The van der Waals surface area contributed by atoms with Crippen molar-refractivity contribution in [3.8, 4) is 0 Å². The van der Waals surface area contributed by atoms with Crippen LogP contribution in [0.1, 0.15) is 284 Å². The predicted molar refractivity (Wildman–Crippen MR) is 330 cm³/mol. The van der Waals surface area contributed by atoms with Crippen LogP contribution < -0.4 is 0 Å². The number of ether oxygens (including phenoxy) is 3. The first kappa shape index (κ1) is 71.8. The van der Waals surface area contributed by atoms with E-state index in [0.717, 1.165) is 128 Å². The predicted octanol–water partition coefficient (Wildman–Crippen LogP) is 21.6. The molecule has 1 atom stereocenters. The standard InChI is InChI=1S/C70H116O6/c1-4-7-10-13-16-19-21-23-25-27-29-31-33-34-35-36-38-39-41-43-45-47-49-51-54-57-60-63-69(72)75-66-67(65-74-68(71)62-59-56-53-18-15-12-9-6-3)76-70(73)64-61-58-55-52-50-48-46-44-42-40-37-32-30-28-26-24-22-20-17-14-11-8-5-2/h7-8,10-11,16-17,19-20,23-26,29-32,34-35,40,42,67H,4-6,9,12-15,18,21-22,27-28,33,36-39,41,43-66H2,1-3H3/b10-7-,11-8-,19-16-,20-17-,25-23-,26-24-,31-29-,32-30-,35-34-,42-40-. The van der Waals surface area contributed by atoms with Gasteiger partial charge in [-0.3, -0.25) is 14.4 Å². The van der Waals surface area contributed by atoms with Gasteiger partial charge < -0.3 is 14.2 Å². The van der Waals surface area contributed by atoms with Crippen LogP contribution >= 0.6 is 0 Å². The van der Waals surface area contributed by atoms with Crippen LogP contribution in [-0.4, -0.2) is 37.2 Å².